The molecule has 1 N–H and O–H groups in total. The van der Waals surface area contributed by atoms with Crippen LogP contribution in [0.5, 0.6) is 0 Å². The highest BCUT2D eigenvalue weighted by Gasteiger charge is 2.55. The summed E-state index contributed by atoms with van der Waals surface area (Å²) in [5.41, 5.74) is 3.51. The monoisotopic (exact) mass is 554 g/mol. The number of nitrogens with zero attached hydrogens (tertiary/aromatic N) is 1. The zero-order valence-corrected chi connectivity index (χ0v) is 24.3. The van der Waals surface area contributed by atoms with Gasteiger partial charge in [-0.1, -0.05) is 86.7 Å². The molecule has 2 saturated carbocycles. The second kappa shape index (κ2) is 9.38. The molecule has 0 radical (unpaired) electrons. The highest BCUT2D eigenvalue weighted by molar-refractivity contribution is 8.00. The number of carbonyl (C=O) groups is 1. The van der Waals surface area contributed by atoms with E-state index in [0.717, 1.165) is 27.4 Å². The van der Waals surface area contributed by atoms with Crippen LogP contribution in [-0.2, 0) is 16.8 Å². The van der Waals surface area contributed by atoms with E-state index in [1.165, 1.54) is 46.6 Å². The van der Waals surface area contributed by atoms with Crippen molar-refractivity contribution >= 4 is 45.5 Å². The Hall–Kier alpha value is -2.83. The molecule has 200 valence electrons. The molecule has 4 nitrogen and oxygen atoms in total. The largest absolute Gasteiger partial charge is 0.325 e. The highest BCUT2D eigenvalue weighted by atomic mass is 32.2. The van der Waals surface area contributed by atoms with E-state index in [4.69, 9.17) is 0 Å². The van der Waals surface area contributed by atoms with Crippen molar-refractivity contribution in [3.8, 4) is 0 Å². The minimum atomic E-state index is -0.158. The van der Waals surface area contributed by atoms with E-state index in [0.29, 0.717) is 17.1 Å². The number of thioether (sulfide) groups is 1. The Morgan fingerprint density at radius 2 is 1.72 bits per heavy atom. The number of nitrogens with one attached hydrogen (secondary N) is 1. The first-order valence-electron chi connectivity index (χ1n) is 14.1. The number of anilines is 1. The molecule has 0 saturated heterocycles. The molecule has 1 amide bonds. The van der Waals surface area contributed by atoms with E-state index in [2.05, 4.69) is 56.4 Å². The number of benzene rings is 3. The molecule has 5 atom stereocenters. The summed E-state index contributed by atoms with van der Waals surface area (Å²) in [6, 6.07) is 23.2. The minimum Gasteiger partial charge on any atom is -0.325 e. The molecule has 2 aliphatic carbocycles. The Labute approximate surface area is 237 Å². The fourth-order valence-corrected chi connectivity index (χ4v) is 10.4. The Morgan fingerprint density at radius 1 is 0.974 bits per heavy atom. The Morgan fingerprint density at radius 3 is 2.49 bits per heavy atom. The lowest BCUT2D eigenvalue weighted by Gasteiger charge is -2.40. The predicted molar refractivity (Wildman–Crippen MR) is 162 cm³/mol. The number of rotatable bonds is 4. The quantitative estimate of drug-likeness (QED) is 0.282. The van der Waals surface area contributed by atoms with Crippen molar-refractivity contribution in [3.63, 3.8) is 0 Å². The number of fused-ring (bicyclic) bond motifs is 7. The maximum Gasteiger partial charge on any atom is 0.308 e. The third-order valence-electron chi connectivity index (χ3n) is 9.16. The number of amides is 1. The Kier molecular flexibility index (Phi) is 6.05. The van der Waals surface area contributed by atoms with Crippen molar-refractivity contribution < 1.29 is 4.79 Å². The number of thiazole rings is 1. The maximum atomic E-state index is 13.4. The molecule has 2 fully saturated rings. The van der Waals surface area contributed by atoms with Crippen LogP contribution in [-0.4, -0.2) is 15.7 Å². The van der Waals surface area contributed by atoms with Crippen molar-refractivity contribution in [2.24, 2.45) is 17.8 Å². The van der Waals surface area contributed by atoms with Gasteiger partial charge in [0, 0.05) is 21.7 Å². The average Bonchev–Trinajstić information content (AvgIpc) is 3.61. The zero-order chi connectivity index (χ0) is 26.9. The fourth-order valence-electron chi connectivity index (χ4n) is 7.26. The molecule has 4 unspecified atom stereocenters. The molecule has 3 aliphatic rings. The molecular weight excluding hydrogens is 521 g/mol. The van der Waals surface area contributed by atoms with Crippen molar-refractivity contribution in [3.05, 3.63) is 92.4 Å². The van der Waals surface area contributed by atoms with Gasteiger partial charge in [0.15, 0.2) is 0 Å². The van der Waals surface area contributed by atoms with Crippen LogP contribution < -0.4 is 10.2 Å². The standard InChI is InChI=1S/C33H34N2O2S2/c1-33(2,3)24-13-10-20(11-14-24)27-28-22-8-9-23(16-22)29(28)38-31-30(27)39-32(37)35(31)18-26(36)34-25-15-12-19-6-4-5-7-21(19)17-25/h4-7,10-15,17,22-23,27-29H,8-9,16,18H2,1-3H3,(H,34,36)/t22?,23?,27-,28?,29?/m1/s1. The molecular formula is C33H34N2O2S2. The molecule has 1 aromatic heterocycles. The van der Waals surface area contributed by atoms with E-state index < -0.39 is 0 Å². The smallest absolute Gasteiger partial charge is 0.308 e. The van der Waals surface area contributed by atoms with E-state index >= 15 is 0 Å². The first-order valence-corrected chi connectivity index (χ1v) is 15.7. The normalized spacial score (nSPS) is 25.5. The maximum absolute atomic E-state index is 13.4. The van der Waals surface area contributed by atoms with Gasteiger partial charge in [0.25, 0.3) is 0 Å². The van der Waals surface area contributed by atoms with Gasteiger partial charge in [-0.3, -0.25) is 14.2 Å². The molecule has 2 heterocycles. The first-order chi connectivity index (χ1) is 18.8. The predicted octanol–water partition coefficient (Wildman–Crippen LogP) is 7.65. The topological polar surface area (TPSA) is 51.1 Å². The van der Waals surface area contributed by atoms with Crippen LogP contribution in [0.4, 0.5) is 5.69 Å². The van der Waals surface area contributed by atoms with Gasteiger partial charge < -0.3 is 5.32 Å². The van der Waals surface area contributed by atoms with Crippen LogP contribution >= 0.6 is 23.1 Å². The van der Waals surface area contributed by atoms with Crippen molar-refractivity contribution in [2.75, 3.05) is 5.32 Å². The number of carbonyl (C=O) groups excluding carboxylic acids is 1. The van der Waals surface area contributed by atoms with Gasteiger partial charge in [-0.05, 0) is 76.5 Å². The van der Waals surface area contributed by atoms with Crippen LogP contribution in [0.1, 0.15) is 62.0 Å². The van der Waals surface area contributed by atoms with Gasteiger partial charge in [0.2, 0.25) is 5.91 Å². The Bertz CT molecular complexity index is 1630. The summed E-state index contributed by atoms with van der Waals surface area (Å²) < 4.78 is 1.75. The van der Waals surface area contributed by atoms with Gasteiger partial charge in [-0.2, -0.15) is 0 Å². The van der Waals surface area contributed by atoms with Crippen LogP contribution in [0, 0.1) is 17.8 Å². The fraction of sp³-hybridized carbons (Fsp3) is 0.394. The summed E-state index contributed by atoms with van der Waals surface area (Å²) in [6.07, 6.45) is 3.91. The number of hydrogen-bond acceptors (Lipinski definition) is 4. The second-order valence-electron chi connectivity index (χ2n) is 12.6. The summed E-state index contributed by atoms with van der Waals surface area (Å²) in [7, 11) is 0. The molecule has 2 bridgehead atoms. The van der Waals surface area contributed by atoms with Crippen molar-refractivity contribution in [2.45, 2.75) is 68.2 Å². The van der Waals surface area contributed by atoms with Gasteiger partial charge in [0.1, 0.15) is 6.54 Å². The molecule has 7 rings (SSSR count). The second-order valence-corrected chi connectivity index (χ2v) is 14.7. The summed E-state index contributed by atoms with van der Waals surface area (Å²) in [5, 5.41) is 6.80. The molecule has 6 heteroatoms. The minimum absolute atomic E-state index is 0.0233. The summed E-state index contributed by atoms with van der Waals surface area (Å²) in [4.78, 5) is 27.8. The zero-order valence-electron chi connectivity index (χ0n) is 22.6. The molecule has 3 aromatic carbocycles. The molecule has 39 heavy (non-hydrogen) atoms. The van der Waals surface area contributed by atoms with Crippen LogP contribution in [0.2, 0.25) is 0 Å². The summed E-state index contributed by atoms with van der Waals surface area (Å²) >= 11 is 3.25. The van der Waals surface area contributed by atoms with Crippen LogP contribution in [0.15, 0.2) is 76.6 Å². The lowest BCUT2D eigenvalue weighted by atomic mass is 9.74. The SMILES string of the molecule is CC(C)(C)c1ccc([C@H]2c3sc(=O)n(CC(=O)Nc4ccc5ccccc5c4)c3SC3C4CCC(C4)C32)cc1. The van der Waals surface area contributed by atoms with Gasteiger partial charge >= 0.3 is 4.87 Å². The first kappa shape index (κ1) is 25.2. The third kappa shape index (κ3) is 4.36. The molecule has 0 spiro atoms. The van der Waals surface area contributed by atoms with Crippen LogP contribution in [0.25, 0.3) is 10.8 Å². The summed E-state index contributed by atoms with van der Waals surface area (Å²) in [6.45, 7) is 6.79. The summed E-state index contributed by atoms with van der Waals surface area (Å²) in [5.74, 6) is 2.09. The highest BCUT2D eigenvalue weighted by Crippen LogP contribution is 2.64. The molecule has 1 aliphatic heterocycles. The Balaban J connectivity index is 1.22. The van der Waals surface area contributed by atoms with Gasteiger partial charge in [-0.25, -0.2) is 0 Å². The van der Waals surface area contributed by atoms with Crippen molar-refractivity contribution in [1.29, 1.82) is 0 Å². The molecule has 4 aromatic rings. The lowest BCUT2D eigenvalue weighted by Crippen LogP contribution is -2.35. The third-order valence-corrected chi connectivity index (χ3v) is 12.0. The van der Waals surface area contributed by atoms with Gasteiger partial charge in [0.05, 0.1) is 5.03 Å². The van der Waals surface area contributed by atoms with E-state index in [-0.39, 0.29) is 28.7 Å². The number of hydrogen-bond donors (Lipinski definition) is 1. The average molecular weight is 555 g/mol. The van der Waals surface area contributed by atoms with Gasteiger partial charge in [-0.15, -0.1) is 11.8 Å². The lowest BCUT2D eigenvalue weighted by molar-refractivity contribution is -0.116. The van der Waals surface area contributed by atoms with Crippen LogP contribution in [0.3, 0.4) is 0 Å². The van der Waals surface area contributed by atoms with Crippen molar-refractivity contribution in [1.82, 2.24) is 4.57 Å². The number of aromatic nitrogens is 1. The van der Waals surface area contributed by atoms with E-state index in [9.17, 15) is 9.59 Å². The van der Waals surface area contributed by atoms with E-state index in [1.807, 2.05) is 48.2 Å². The van der Waals surface area contributed by atoms with E-state index in [1.54, 1.807) is 4.57 Å².